The highest BCUT2D eigenvalue weighted by molar-refractivity contribution is 7.15. The second-order valence-electron chi connectivity index (χ2n) is 7.71. The highest BCUT2D eigenvalue weighted by Crippen LogP contribution is 2.33. The molecule has 3 heterocycles. The number of aryl methyl sites for hydroxylation is 1. The van der Waals surface area contributed by atoms with Crippen molar-refractivity contribution in [1.82, 2.24) is 19.9 Å². The number of amides is 1. The average Bonchev–Trinajstić information content (AvgIpc) is 3.19. The maximum atomic E-state index is 13.5. The lowest BCUT2D eigenvalue weighted by Gasteiger charge is -2.35. The number of piperidine rings is 1. The predicted molar refractivity (Wildman–Crippen MR) is 116 cm³/mol. The van der Waals surface area contributed by atoms with Crippen LogP contribution in [0.1, 0.15) is 40.5 Å². The van der Waals surface area contributed by atoms with E-state index < -0.39 is 11.9 Å². The van der Waals surface area contributed by atoms with Crippen LogP contribution >= 0.6 is 11.3 Å². The molecule has 174 valence electrons. The van der Waals surface area contributed by atoms with E-state index in [1.54, 1.807) is 24.0 Å². The normalized spacial score (nSPS) is 16.6. The van der Waals surface area contributed by atoms with Crippen LogP contribution in [0.15, 0.2) is 36.5 Å². The van der Waals surface area contributed by atoms with Crippen LogP contribution in [0.4, 0.5) is 23.5 Å². The molecule has 1 fully saturated rings. The molecule has 1 aromatic carbocycles. The van der Waals surface area contributed by atoms with Crippen molar-refractivity contribution in [2.75, 3.05) is 18.4 Å². The maximum absolute atomic E-state index is 13.5. The summed E-state index contributed by atoms with van der Waals surface area (Å²) in [6, 6.07) is 6.44. The lowest BCUT2D eigenvalue weighted by Crippen LogP contribution is -2.47. The van der Waals surface area contributed by atoms with E-state index in [-0.39, 0.29) is 30.3 Å². The number of nitrogens with one attached hydrogen (secondary N) is 1. The van der Waals surface area contributed by atoms with Gasteiger partial charge in [-0.1, -0.05) is 12.1 Å². The zero-order valence-corrected chi connectivity index (χ0v) is 18.5. The first-order valence-electron chi connectivity index (χ1n) is 10.4. The van der Waals surface area contributed by atoms with Crippen molar-refractivity contribution >= 4 is 23.2 Å². The van der Waals surface area contributed by atoms with E-state index in [9.17, 15) is 22.4 Å². The number of halogens is 4. The zero-order valence-electron chi connectivity index (χ0n) is 17.7. The van der Waals surface area contributed by atoms with Gasteiger partial charge in [0.1, 0.15) is 17.2 Å². The van der Waals surface area contributed by atoms with Crippen LogP contribution in [0.5, 0.6) is 0 Å². The van der Waals surface area contributed by atoms with Crippen molar-refractivity contribution in [2.24, 2.45) is 0 Å². The van der Waals surface area contributed by atoms with Gasteiger partial charge in [-0.3, -0.25) is 4.79 Å². The van der Waals surface area contributed by atoms with E-state index in [2.05, 4.69) is 20.3 Å². The summed E-state index contributed by atoms with van der Waals surface area (Å²) in [6.07, 6.45) is -1.12. The number of carbonyl (C=O) groups is 1. The fraction of sp³-hybridized carbons (Fsp3) is 0.364. The lowest BCUT2D eigenvalue weighted by atomic mass is 10.0. The SMILES string of the molecule is Cc1nc(C(=O)N2CCCCC2CNc2nccc(C(F)(F)F)n2)c(-c2ccc(F)cc2)s1. The lowest BCUT2D eigenvalue weighted by molar-refractivity contribution is -0.141. The molecule has 1 aliphatic heterocycles. The smallest absolute Gasteiger partial charge is 0.352 e. The van der Waals surface area contributed by atoms with Crippen LogP contribution in [0.2, 0.25) is 0 Å². The number of nitrogens with zero attached hydrogens (tertiary/aromatic N) is 4. The fourth-order valence-corrected chi connectivity index (χ4v) is 4.71. The van der Waals surface area contributed by atoms with Crippen molar-refractivity contribution in [3.63, 3.8) is 0 Å². The molecule has 1 atom stereocenters. The molecule has 1 saturated heterocycles. The first-order chi connectivity index (χ1) is 15.7. The Bertz CT molecular complexity index is 1130. The molecule has 33 heavy (non-hydrogen) atoms. The number of anilines is 1. The number of likely N-dealkylation sites (tertiary alicyclic amines) is 1. The van der Waals surface area contributed by atoms with Gasteiger partial charge < -0.3 is 10.2 Å². The molecule has 1 N–H and O–H groups in total. The summed E-state index contributed by atoms with van der Waals surface area (Å²) in [4.78, 5) is 27.7. The number of hydrogen-bond donors (Lipinski definition) is 1. The summed E-state index contributed by atoms with van der Waals surface area (Å²) >= 11 is 1.36. The van der Waals surface area contributed by atoms with Crippen LogP contribution in [-0.2, 0) is 6.18 Å². The second kappa shape index (κ2) is 9.42. The Hall–Kier alpha value is -3.08. The molecule has 0 aliphatic carbocycles. The van der Waals surface area contributed by atoms with Crippen molar-refractivity contribution in [3.8, 4) is 10.4 Å². The minimum Gasteiger partial charge on any atom is -0.352 e. The summed E-state index contributed by atoms with van der Waals surface area (Å²) < 4.78 is 52.1. The summed E-state index contributed by atoms with van der Waals surface area (Å²) in [5.74, 6) is -0.763. The van der Waals surface area contributed by atoms with E-state index in [4.69, 9.17) is 0 Å². The third kappa shape index (κ3) is 5.29. The Kier molecular flexibility index (Phi) is 6.59. The molecule has 3 aromatic rings. The summed E-state index contributed by atoms with van der Waals surface area (Å²) in [5.41, 5.74) is -0.0285. The van der Waals surface area contributed by atoms with Gasteiger partial charge in [0.15, 0.2) is 0 Å². The van der Waals surface area contributed by atoms with Gasteiger partial charge >= 0.3 is 6.18 Å². The fourth-order valence-electron chi connectivity index (χ4n) is 3.80. The molecule has 1 aliphatic rings. The molecule has 11 heteroatoms. The van der Waals surface area contributed by atoms with Gasteiger partial charge in [0.05, 0.1) is 9.88 Å². The summed E-state index contributed by atoms with van der Waals surface area (Å²) in [7, 11) is 0. The zero-order chi connectivity index (χ0) is 23.6. The van der Waals surface area contributed by atoms with Crippen LogP contribution in [0.3, 0.4) is 0 Å². The van der Waals surface area contributed by atoms with Crippen LogP contribution < -0.4 is 5.32 Å². The summed E-state index contributed by atoms with van der Waals surface area (Å²) in [5, 5.41) is 3.56. The maximum Gasteiger partial charge on any atom is 0.433 e. The average molecular weight is 480 g/mol. The molecule has 0 radical (unpaired) electrons. The highest BCUT2D eigenvalue weighted by Gasteiger charge is 2.34. The van der Waals surface area contributed by atoms with Gasteiger partial charge in [-0.15, -0.1) is 11.3 Å². The van der Waals surface area contributed by atoms with E-state index in [1.807, 2.05) is 0 Å². The third-order valence-corrected chi connectivity index (χ3v) is 6.39. The molecule has 4 rings (SSSR count). The molecule has 0 spiro atoms. The number of alkyl halides is 3. The van der Waals surface area contributed by atoms with Crippen molar-refractivity contribution < 1.29 is 22.4 Å². The van der Waals surface area contributed by atoms with Crippen molar-refractivity contribution in [3.05, 3.63) is 58.7 Å². The summed E-state index contributed by atoms with van der Waals surface area (Å²) in [6.45, 7) is 2.52. The molecule has 0 saturated carbocycles. The van der Waals surface area contributed by atoms with Crippen LogP contribution in [0.25, 0.3) is 10.4 Å². The number of rotatable bonds is 5. The topological polar surface area (TPSA) is 71.0 Å². The first-order valence-corrected chi connectivity index (χ1v) is 11.2. The van der Waals surface area contributed by atoms with Gasteiger partial charge in [-0.2, -0.15) is 13.2 Å². The second-order valence-corrected chi connectivity index (χ2v) is 8.91. The molecule has 6 nitrogen and oxygen atoms in total. The van der Waals surface area contributed by atoms with Gasteiger partial charge in [-0.25, -0.2) is 19.3 Å². The Morgan fingerprint density at radius 2 is 1.94 bits per heavy atom. The van der Waals surface area contributed by atoms with Gasteiger partial charge in [0.25, 0.3) is 5.91 Å². The Morgan fingerprint density at radius 3 is 2.67 bits per heavy atom. The number of aromatic nitrogens is 3. The monoisotopic (exact) mass is 479 g/mol. The molecule has 1 amide bonds. The number of thiazole rings is 1. The van der Waals surface area contributed by atoms with Crippen molar-refractivity contribution in [2.45, 2.75) is 38.4 Å². The van der Waals surface area contributed by atoms with E-state index in [0.717, 1.165) is 25.1 Å². The molecule has 0 bridgehead atoms. The highest BCUT2D eigenvalue weighted by atomic mass is 32.1. The molecular formula is C22H21F4N5OS. The van der Waals surface area contributed by atoms with Gasteiger partial charge in [0.2, 0.25) is 5.95 Å². The van der Waals surface area contributed by atoms with E-state index in [1.165, 1.54) is 23.5 Å². The minimum absolute atomic E-state index is 0.140. The Labute approximate surface area is 191 Å². The first kappa shape index (κ1) is 23.1. The predicted octanol–water partition coefficient (Wildman–Crippen LogP) is 5.17. The number of carbonyl (C=O) groups excluding carboxylic acids is 1. The number of benzene rings is 1. The third-order valence-electron chi connectivity index (χ3n) is 5.37. The van der Waals surface area contributed by atoms with E-state index >= 15 is 0 Å². The Morgan fingerprint density at radius 1 is 1.18 bits per heavy atom. The van der Waals surface area contributed by atoms with Crippen LogP contribution in [-0.4, -0.2) is 44.9 Å². The van der Waals surface area contributed by atoms with Crippen molar-refractivity contribution in [1.29, 1.82) is 0 Å². The molecule has 2 aromatic heterocycles. The minimum atomic E-state index is -4.56. The van der Waals surface area contributed by atoms with Gasteiger partial charge in [-0.05, 0) is 49.9 Å². The van der Waals surface area contributed by atoms with Crippen LogP contribution in [0, 0.1) is 12.7 Å². The number of hydrogen-bond acceptors (Lipinski definition) is 6. The quantitative estimate of drug-likeness (QED) is 0.511. The molecular weight excluding hydrogens is 458 g/mol. The largest absolute Gasteiger partial charge is 0.433 e. The molecule has 1 unspecified atom stereocenters. The standard InChI is InChI=1S/C22H21F4N5OS/c1-13-29-18(19(33-13)14-5-7-15(23)8-6-14)20(32)31-11-3-2-4-16(31)12-28-21-27-10-9-17(30-21)22(24,25)26/h5-10,16H,2-4,11-12H2,1H3,(H,27,28,30). The van der Waals surface area contributed by atoms with E-state index in [0.29, 0.717) is 34.1 Å². The van der Waals surface area contributed by atoms with Gasteiger partial charge in [0, 0.05) is 25.3 Å². The Balaban J connectivity index is 1.53.